The Labute approximate surface area is 148 Å². The van der Waals surface area contributed by atoms with Gasteiger partial charge in [-0.05, 0) is 43.2 Å². The van der Waals surface area contributed by atoms with Gasteiger partial charge in [0.25, 0.3) is 5.91 Å². The zero-order valence-electron chi connectivity index (χ0n) is 14.4. The first-order chi connectivity index (χ1) is 12.2. The van der Waals surface area contributed by atoms with E-state index in [-0.39, 0.29) is 11.9 Å². The molecule has 0 fully saturated rings. The van der Waals surface area contributed by atoms with Crippen molar-refractivity contribution in [1.29, 1.82) is 0 Å². The van der Waals surface area contributed by atoms with Gasteiger partial charge >= 0.3 is 5.97 Å². The molecule has 0 heterocycles. The van der Waals surface area contributed by atoms with E-state index in [1.807, 2.05) is 42.5 Å². The van der Waals surface area contributed by atoms with E-state index in [1.165, 1.54) is 0 Å². The molecule has 0 saturated carbocycles. The highest BCUT2D eigenvalue weighted by molar-refractivity contribution is 5.94. The van der Waals surface area contributed by atoms with E-state index >= 15 is 0 Å². The number of amides is 1. The summed E-state index contributed by atoms with van der Waals surface area (Å²) in [5.41, 5.74) is 1.57. The number of nitrogens with one attached hydrogen (secondary N) is 1. The number of rotatable bonds is 9. The summed E-state index contributed by atoms with van der Waals surface area (Å²) in [6.45, 7) is 3.04. The first-order valence-electron chi connectivity index (χ1n) is 8.39. The predicted octanol–water partition coefficient (Wildman–Crippen LogP) is 3.34. The Morgan fingerprint density at radius 1 is 1.00 bits per heavy atom. The fraction of sp³-hybridized carbons (Fsp3) is 0.300. The minimum atomic E-state index is -0.237. The average molecular weight is 341 g/mol. The molecule has 0 spiro atoms. The molecular weight excluding hydrogens is 318 g/mol. The highest BCUT2D eigenvalue weighted by atomic mass is 16.5. The normalized spacial score (nSPS) is 10.1. The van der Waals surface area contributed by atoms with Gasteiger partial charge in [0.15, 0.2) is 0 Å². The predicted molar refractivity (Wildman–Crippen MR) is 95.4 cm³/mol. The molecule has 0 bridgehead atoms. The summed E-state index contributed by atoms with van der Waals surface area (Å²) in [6, 6.07) is 16.9. The molecule has 0 aliphatic heterocycles. The molecule has 1 N–H and O–H groups in total. The van der Waals surface area contributed by atoms with Crippen molar-refractivity contribution in [3.8, 4) is 5.75 Å². The van der Waals surface area contributed by atoms with Crippen LogP contribution in [-0.2, 0) is 16.1 Å². The van der Waals surface area contributed by atoms with Crippen LogP contribution >= 0.6 is 0 Å². The van der Waals surface area contributed by atoms with Gasteiger partial charge in [-0.1, -0.05) is 30.3 Å². The topological polar surface area (TPSA) is 64.6 Å². The summed E-state index contributed by atoms with van der Waals surface area (Å²) in [4.78, 5) is 23.3. The maximum atomic E-state index is 12.0. The minimum Gasteiger partial charge on any atom is -0.489 e. The second-order valence-corrected chi connectivity index (χ2v) is 5.46. The molecule has 2 aromatic carbocycles. The van der Waals surface area contributed by atoms with Gasteiger partial charge in [-0.3, -0.25) is 9.59 Å². The van der Waals surface area contributed by atoms with Crippen LogP contribution in [0, 0.1) is 0 Å². The van der Waals surface area contributed by atoms with E-state index in [0.717, 1.165) is 11.3 Å². The van der Waals surface area contributed by atoms with Crippen LogP contribution in [0.5, 0.6) is 5.75 Å². The summed E-state index contributed by atoms with van der Waals surface area (Å²) >= 11 is 0. The fourth-order valence-corrected chi connectivity index (χ4v) is 2.21. The molecule has 5 nitrogen and oxygen atoms in total. The second-order valence-electron chi connectivity index (χ2n) is 5.46. The molecule has 1 amide bonds. The van der Waals surface area contributed by atoms with E-state index in [4.69, 9.17) is 9.47 Å². The standard InChI is InChI=1S/C20H23NO4/c1-2-24-19(22)9-6-14-21-20(23)17-12-10-16(11-13-17)15-25-18-7-4-3-5-8-18/h3-5,7-8,10-13H,2,6,9,14-15H2,1H3,(H,21,23). The minimum absolute atomic E-state index is 0.153. The van der Waals surface area contributed by atoms with Crippen molar-refractivity contribution in [3.63, 3.8) is 0 Å². The lowest BCUT2D eigenvalue weighted by atomic mass is 10.1. The molecule has 25 heavy (non-hydrogen) atoms. The Morgan fingerprint density at radius 3 is 2.40 bits per heavy atom. The Balaban J connectivity index is 1.73. The molecule has 0 aliphatic carbocycles. The lowest BCUT2D eigenvalue weighted by molar-refractivity contribution is -0.143. The highest BCUT2D eigenvalue weighted by Gasteiger charge is 2.06. The van der Waals surface area contributed by atoms with Crippen molar-refractivity contribution >= 4 is 11.9 Å². The van der Waals surface area contributed by atoms with Crippen LogP contribution in [-0.4, -0.2) is 25.0 Å². The van der Waals surface area contributed by atoms with E-state index < -0.39 is 0 Å². The number of hydrogen-bond donors (Lipinski definition) is 1. The average Bonchev–Trinajstić information content (AvgIpc) is 2.65. The summed E-state index contributed by atoms with van der Waals surface area (Å²) < 4.78 is 10.5. The molecule has 0 aromatic heterocycles. The third-order valence-corrected chi connectivity index (χ3v) is 3.51. The van der Waals surface area contributed by atoms with E-state index in [1.54, 1.807) is 19.1 Å². The van der Waals surface area contributed by atoms with Gasteiger partial charge in [-0.25, -0.2) is 0 Å². The molecule has 0 aliphatic rings. The summed E-state index contributed by atoms with van der Waals surface area (Å²) in [5, 5.41) is 2.80. The summed E-state index contributed by atoms with van der Waals surface area (Å²) in [6.07, 6.45) is 0.872. The van der Waals surface area contributed by atoms with Crippen LogP contribution in [0.3, 0.4) is 0 Å². The first-order valence-corrected chi connectivity index (χ1v) is 8.39. The van der Waals surface area contributed by atoms with Gasteiger partial charge < -0.3 is 14.8 Å². The van der Waals surface area contributed by atoms with Gasteiger partial charge in [-0.15, -0.1) is 0 Å². The van der Waals surface area contributed by atoms with Crippen molar-refractivity contribution in [1.82, 2.24) is 5.32 Å². The van der Waals surface area contributed by atoms with Crippen molar-refractivity contribution in [2.24, 2.45) is 0 Å². The molecular formula is C20H23NO4. The number of para-hydroxylation sites is 1. The van der Waals surface area contributed by atoms with E-state index in [0.29, 0.717) is 38.2 Å². The second kappa shape index (κ2) is 10.1. The first kappa shape index (κ1) is 18.5. The number of carbonyl (C=O) groups excluding carboxylic acids is 2. The maximum absolute atomic E-state index is 12.0. The Kier molecular flexibility index (Phi) is 7.50. The van der Waals surface area contributed by atoms with E-state index in [2.05, 4.69) is 5.32 Å². The molecule has 2 rings (SSSR count). The lowest BCUT2D eigenvalue weighted by Crippen LogP contribution is -2.25. The number of carbonyl (C=O) groups is 2. The van der Waals surface area contributed by atoms with Crippen molar-refractivity contribution in [3.05, 3.63) is 65.7 Å². The zero-order chi connectivity index (χ0) is 17.9. The van der Waals surface area contributed by atoms with Crippen molar-refractivity contribution < 1.29 is 19.1 Å². The summed E-state index contributed by atoms with van der Waals surface area (Å²) in [7, 11) is 0. The molecule has 0 unspecified atom stereocenters. The largest absolute Gasteiger partial charge is 0.489 e. The van der Waals surface area contributed by atoms with Gasteiger partial charge in [-0.2, -0.15) is 0 Å². The third kappa shape index (κ3) is 6.67. The molecule has 5 heteroatoms. The quantitative estimate of drug-likeness (QED) is 0.561. The van der Waals surface area contributed by atoms with Crippen LogP contribution in [0.2, 0.25) is 0 Å². The van der Waals surface area contributed by atoms with Crippen LogP contribution in [0.4, 0.5) is 0 Å². The van der Waals surface area contributed by atoms with Crippen LogP contribution < -0.4 is 10.1 Å². The van der Waals surface area contributed by atoms with E-state index in [9.17, 15) is 9.59 Å². The van der Waals surface area contributed by atoms with Gasteiger partial charge in [0.05, 0.1) is 6.61 Å². The number of hydrogen-bond acceptors (Lipinski definition) is 4. The highest BCUT2D eigenvalue weighted by Crippen LogP contribution is 2.12. The Morgan fingerprint density at radius 2 is 1.72 bits per heavy atom. The molecule has 0 atom stereocenters. The van der Waals surface area contributed by atoms with Crippen molar-refractivity contribution in [2.45, 2.75) is 26.4 Å². The Bertz CT molecular complexity index is 668. The monoisotopic (exact) mass is 341 g/mol. The number of esters is 1. The zero-order valence-corrected chi connectivity index (χ0v) is 14.4. The van der Waals surface area contributed by atoms with Crippen LogP contribution in [0.25, 0.3) is 0 Å². The molecule has 0 saturated heterocycles. The van der Waals surface area contributed by atoms with Gasteiger partial charge in [0.2, 0.25) is 0 Å². The smallest absolute Gasteiger partial charge is 0.305 e. The third-order valence-electron chi connectivity index (χ3n) is 3.51. The van der Waals surface area contributed by atoms with Crippen molar-refractivity contribution in [2.75, 3.05) is 13.2 Å². The number of benzene rings is 2. The van der Waals surface area contributed by atoms with Crippen LogP contribution in [0.1, 0.15) is 35.7 Å². The maximum Gasteiger partial charge on any atom is 0.305 e. The van der Waals surface area contributed by atoms with Crippen LogP contribution in [0.15, 0.2) is 54.6 Å². The molecule has 132 valence electrons. The Hall–Kier alpha value is -2.82. The van der Waals surface area contributed by atoms with Gasteiger partial charge in [0.1, 0.15) is 12.4 Å². The molecule has 2 aromatic rings. The number of ether oxygens (including phenoxy) is 2. The fourth-order valence-electron chi connectivity index (χ4n) is 2.21. The SMILES string of the molecule is CCOC(=O)CCCNC(=O)c1ccc(COc2ccccc2)cc1. The van der Waals surface area contributed by atoms with Gasteiger partial charge in [0, 0.05) is 18.5 Å². The summed E-state index contributed by atoms with van der Waals surface area (Å²) in [5.74, 6) is 0.421. The molecule has 0 radical (unpaired) electrons. The lowest BCUT2D eigenvalue weighted by Gasteiger charge is -2.08.